The number of nitrogens with one attached hydrogen (secondary N) is 2. The van der Waals surface area contributed by atoms with Gasteiger partial charge in [0.05, 0.1) is 4.90 Å². The summed E-state index contributed by atoms with van der Waals surface area (Å²) < 4.78 is 23.4. The molecular weight excluding hydrogens is 374 g/mol. The summed E-state index contributed by atoms with van der Waals surface area (Å²) >= 11 is 0. The van der Waals surface area contributed by atoms with E-state index in [0.717, 1.165) is 30.2 Å². The van der Waals surface area contributed by atoms with Crippen molar-refractivity contribution in [3.8, 4) is 0 Å². The lowest BCUT2D eigenvalue weighted by atomic mass is 10.0. The Morgan fingerprint density at radius 2 is 1.86 bits per heavy atom. The molecule has 7 heteroatoms. The number of sulfonamides is 1. The molecule has 0 saturated carbocycles. The zero-order valence-electron chi connectivity index (χ0n) is 15.7. The minimum absolute atomic E-state index is 0.0108. The Morgan fingerprint density at radius 1 is 1.07 bits per heavy atom. The molecule has 1 heterocycles. The van der Waals surface area contributed by atoms with E-state index in [9.17, 15) is 13.2 Å². The molecule has 28 heavy (non-hydrogen) atoms. The Balaban J connectivity index is 1.65. The summed E-state index contributed by atoms with van der Waals surface area (Å²) in [5, 5.41) is 9.13. The summed E-state index contributed by atoms with van der Waals surface area (Å²) in [5.74, 6) is -0.283. The van der Waals surface area contributed by atoms with Gasteiger partial charge in [0.2, 0.25) is 10.0 Å². The van der Waals surface area contributed by atoms with Crippen LogP contribution in [0.5, 0.6) is 0 Å². The van der Waals surface area contributed by atoms with Crippen LogP contribution in [0, 0.1) is 6.92 Å². The van der Waals surface area contributed by atoms with Gasteiger partial charge >= 0.3 is 0 Å². The van der Waals surface area contributed by atoms with Crippen molar-refractivity contribution in [3.63, 3.8) is 0 Å². The molecular formula is C21H23N3O3S. The van der Waals surface area contributed by atoms with Crippen molar-refractivity contribution < 1.29 is 13.2 Å². The average molecular weight is 398 g/mol. The number of fused-ring (bicyclic) bond motifs is 3. The molecule has 0 spiro atoms. The first-order valence-electron chi connectivity index (χ1n) is 9.41. The Morgan fingerprint density at radius 3 is 2.64 bits per heavy atom. The third-order valence-electron chi connectivity index (χ3n) is 5.36. The van der Waals surface area contributed by atoms with Crippen molar-refractivity contribution in [1.29, 1.82) is 0 Å². The molecule has 6 nitrogen and oxygen atoms in total. The molecule has 4 rings (SSSR count). The quantitative estimate of drug-likeness (QED) is 0.588. The van der Waals surface area contributed by atoms with Gasteiger partial charge in [-0.15, -0.1) is 0 Å². The Labute approximate surface area is 164 Å². The highest BCUT2D eigenvalue weighted by Crippen LogP contribution is 2.29. The van der Waals surface area contributed by atoms with Gasteiger partial charge in [-0.2, -0.15) is 0 Å². The summed E-state index contributed by atoms with van der Waals surface area (Å²) in [6.45, 7) is 1.66. The third-order valence-corrected chi connectivity index (χ3v) is 6.42. The maximum absolute atomic E-state index is 12.8. The first kappa shape index (κ1) is 18.7. The fourth-order valence-electron chi connectivity index (χ4n) is 3.91. The molecule has 0 radical (unpaired) electrons. The molecule has 1 amide bonds. The first-order valence-corrected chi connectivity index (χ1v) is 11.0. The standard InChI is InChI=1S/C21H23N3O3S/c1-13-7-9-15(12-20(13)28(22,26)27)23-21(25)14-8-10-19-17(11-14)16-5-3-2-4-6-18(16)24-19/h7-12,24H,2-6H2,1H3,(H,23,25)(H2,22,26,27). The second kappa shape index (κ2) is 7.07. The number of aromatic amines is 1. The number of primary sulfonamides is 1. The first-order chi connectivity index (χ1) is 13.3. The summed E-state index contributed by atoms with van der Waals surface area (Å²) in [6, 6.07) is 10.3. The lowest BCUT2D eigenvalue weighted by Gasteiger charge is -2.09. The molecule has 146 valence electrons. The molecule has 2 aromatic carbocycles. The Kier molecular flexibility index (Phi) is 4.72. The van der Waals surface area contributed by atoms with Gasteiger partial charge in [0.25, 0.3) is 5.91 Å². The van der Waals surface area contributed by atoms with Crippen molar-refractivity contribution >= 4 is 32.5 Å². The van der Waals surface area contributed by atoms with Gasteiger partial charge in [-0.1, -0.05) is 12.5 Å². The number of anilines is 1. The smallest absolute Gasteiger partial charge is 0.255 e. The number of aryl methyl sites for hydroxylation is 3. The molecule has 0 unspecified atom stereocenters. The second-order valence-electron chi connectivity index (χ2n) is 7.38. The summed E-state index contributed by atoms with van der Waals surface area (Å²) in [7, 11) is -3.85. The SMILES string of the molecule is Cc1ccc(NC(=O)c2ccc3[nH]c4c(c3c2)CCCCC4)cc1S(N)(=O)=O. The van der Waals surface area contributed by atoms with Crippen LogP contribution in [0.2, 0.25) is 0 Å². The molecule has 0 atom stereocenters. The van der Waals surface area contributed by atoms with E-state index >= 15 is 0 Å². The van der Waals surface area contributed by atoms with E-state index in [1.807, 2.05) is 12.1 Å². The highest BCUT2D eigenvalue weighted by atomic mass is 32.2. The number of nitrogens with two attached hydrogens (primary N) is 1. The van der Waals surface area contributed by atoms with E-state index < -0.39 is 10.0 Å². The fourth-order valence-corrected chi connectivity index (χ4v) is 4.72. The normalized spacial score (nSPS) is 14.5. The Bertz CT molecular complexity index is 1180. The number of H-pyrrole nitrogens is 1. The van der Waals surface area contributed by atoms with Gasteiger partial charge in [-0.05, 0) is 74.1 Å². The summed E-state index contributed by atoms with van der Waals surface area (Å²) in [6.07, 6.45) is 5.65. The molecule has 4 N–H and O–H groups in total. The number of carbonyl (C=O) groups excluding carboxylic acids is 1. The van der Waals surface area contributed by atoms with Gasteiger partial charge < -0.3 is 10.3 Å². The van der Waals surface area contributed by atoms with Crippen LogP contribution in [0.15, 0.2) is 41.3 Å². The minimum Gasteiger partial charge on any atom is -0.358 e. The van der Waals surface area contributed by atoms with E-state index in [2.05, 4.69) is 10.3 Å². The van der Waals surface area contributed by atoms with Crippen molar-refractivity contribution in [1.82, 2.24) is 4.98 Å². The number of hydrogen-bond donors (Lipinski definition) is 3. The molecule has 1 aliphatic carbocycles. The van der Waals surface area contributed by atoms with Crippen LogP contribution >= 0.6 is 0 Å². The predicted octanol–water partition coefficient (Wildman–Crippen LogP) is 3.64. The minimum atomic E-state index is -3.85. The van der Waals surface area contributed by atoms with E-state index in [4.69, 9.17) is 5.14 Å². The lowest BCUT2D eigenvalue weighted by molar-refractivity contribution is 0.102. The predicted molar refractivity (Wildman–Crippen MR) is 110 cm³/mol. The molecule has 0 saturated heterocycles. The van der Waals surface area contributed by atoms with E-state index in [1.54, 1.807) is 25.1 Å². The number of rotatable bonds is 3. The molecule has 3 aromatic rings. The molecule has 1 aromatic heterocycles. The highest BCUT2D eigenvalue weighted by molar-refractivity contribution is 7.89. The summed E-state index contributed by atoms with van der Waals surface area (Å²) in [5.41, 5.74) is 5.12. The lowest BCUT2D eigenvalue weighted by Crippen LogP contribution is -2.16. The van der Waals surface area contributed by atoms with Crippen molar-refractivity contribution in [3.05, 3.63) is 58.8 Å². The van der Waals surface area contributed by atoms with Crippen LogP contribution in [0.25, 0.3) is 10.9 Å². The van der Waals surface area contributed by atoms with Crippen molar-refractivity contribution in [2.75, 3.05) is 5.32 Å². The van der Waals surface area contributed by atoms with Crippen LogP contribution in [0.3, 0.4) is 0 Å². The number of benzene rings is 2. The molecule has 1 aliphatic rings. The van der Waals surface area contributed by atoms with Crippen LogP contribution in [-0.4, -0.2) is 19.3 Å². The zero-order valence-corrected chi connectivity index (χ0v) is 16.5. The van der Waals surface area contributed by atoms with Gasteiger partial charge in [-0.3, -0.25) is 4.79 Å². The number of carbonyl (C=O) groups is 1. The fraction of sp³-hybridized carbons (Fsp3) is 0.286. The van der Waals surface area contributed by atoms with Crippen molar-refractivity contribution in [2.24, 2.45) is 5.14 Å². The van der Waals surface area contributed by atoms with Crippen LogP contribution in [0.1, 0.15) is 46.4 Å². The van der Waals surface area contributed by atoms with Gasteiger partial charge in [0.15, 0.2) is 0 Å². The van der Waals surface area contributed by atoms with Crippen LogP contribution in [-0.2, 0) is 22.9 Å². The Hall–Kier alpha value is -2.64. The topological polar surface area (TPSA) is 105 Å². The number of hydrogen-bond acceptors (Lipinski definition) is 3. The van der Waals surface area contributed by atoms with E-state index in [0.29, 0.717) is 16.8 Å². The molecule has 0 aliphatic heterocycles. The highest BCUT2D eigenvalue weighted by Gasteiger charge is 2.17. The van der Waals surface area contributed by atoms with Crippen molar-refractivity contribution in [2.45, 2.75) is 43.9 Å². The second-order valence-corrected chi connectivity index (χ2v) is 8.91. The third kappa shape index (κ3) is 3.55. The largest absolute Gasteiger partial charge is 0.358 e. The zero-order chi connectivity index (χ0) is 19.9. The van der Waals surface area contributed by atoms with Crippen LogP contribution in [0.4, 0.5) is 5.69 Å². The molecule has 0 bridgehead atoms. The number of aromatic nitrogens is 1. The van der Waals surface area contributed by atoms with E-state index in [-0.39, 0.29) is 10.8 Å². The average Bonchev–Trinajstić information content (AvgIpc) is 2.82. The molecule has 0 fully saturated rings. The van der Waals surface area contributed by atoms with Gasteiger partial charge in [0, 0.05) is 27.8 Å². The summed E-state index contributed by atoms with van der Waals surface area (Å²) in [4.78, 5) is 16.3. The van der Waals surface area contributed by atoms with Gasteiger partial charge in [0.1, 0.15) is 0 Å². The number of amides is 1. The maximum Gasteiger partial charge on any atom is 0.255 e. The monoisotopic (exact) mass is 397 g/mol. The van der Waals surface area contributed by atoms with E-state index in [1.165, 1.54) is 30.2 Å². The van der Waals surface area contributed by atoms with Gasteiger partial charge in [-0.25, -0.2) is 13.6 Å². The maximum atomic E-state index is 12.8. The van der Waals surface area contributed by atoms with Crippen LogP contribution < -0.4 is 10.5 Å².